The average molecular weight is 393 g/mol. The molecule has 4 nitrogen and oxygen atoms in total. The van der Waals surface area contributed by atoms with Gasteiger partial charge in [-0.2, -0.15) is 9.37 Å². The summed E-state index contributed by atoms with van der Waals surface area (Å²) in [5.41, 5.74) is 0.429. The van der Waals surface area contributed by atoms with Gasteiger partial charge in [-0.05, 0) is 28.6 Å². The van der Waals surface area contributed by atoms with E-state index in [-0.39, 0.29) is 0 Å². The van der Waals surface area contributed by atoms with Gasteiger partial charge in [0.15, 0.2) is 5.65 Å². The van der Waals surface area contributed by atoms with Crippen molar-refractivity contribution in [2.75, 3.05) is 6.61 Å². The van der Waals surface area contributed by atoms with E-state index in [0.29, 0.717) is 12.4 Å². The Labute approximate surface area is 126 Å². The lowest BCUT2D eigenvalue weighted by atomic mass is 10.4. The lowest BCUT2D eigenvalue weighted by Gasteiger charge is -2.15. The topological polar surface area (TPSA) is 39.9 Å². The number of aromatic nitrogens is 3. The molecular formula is C12H17FIN3OSi. The second-order valence-electron chi connectivity index (χ2n) is 5.68. The van der Waals surface area contributed by atoms with Crippen LogP contribution in [0.1, 0.15) is 0 Å². The molecule has 2 rings (SSSR count). The normalized spacial score (nSPS) is 12.3. The largest absolute Gasteiger partial charge is 0.360 e. The van der Waals surface area contributed by atoms with E-state index >= 15 is 0 Å². The predicted octanol–water partition coefficient (Wildman–Crippen LogP) is 3.49. The maximum atomic E-state index is 13.2. The van der Waals surface area contributed by atoms with Gasteiger partial charge in [0.1, 0.15) is 6.73 Å². The maximum Gasteiger partial charge on any atom is 0.216 e. The first-order valence-corrected chi connectivity index (χ1v) is 10.9. The number of hydrogen-bond donors (Lipinski definition) is 0. The predicted molar refractivity (Wildman–Crippen MR) is 84.3 cm³/mol. The number of rotatable bonds is 5. The average Bonchev–Trinajstić information content (AvgIpc) is 2.66. The van der Waals surface area contributed by atoms with Crippen molar-refractivity contribution in [2.45, 2.75) is 32.4 Å². The van der Waals surface area contributed by atoms with Crippen LogP contribution in [0, 0.1) is 9.52 Å². The van der Waals surface area contributed by atoms with E-state index < -0.39 is 14.0 Å². The van der Waals surface area contributed by atoms with Gasteiger partial charge in [-0.25, -0.2) is 4.68 Å². The summed E-state index contributed by atoms with van der Waals surface area (Å²) in [5, 5.41) is 5.07. The fourth-order valence-electron chi connectivity index (χ4n) is 1.58. The molecule has 0 aromatic carbocycles. The van der Waals surface area contributed by atoms with Crippen molar-refractivity contribution in [3.8, 4) is 0 Å². The van der Waals surface area contributed by atoms with Gasteiger partial charge in [-0.3, -0.25) is 0 Å². The molecule has 0 aliphatic rings. The summed E-state index contributed by atoms with van der Waals surface area (Å²) in [7, 11) is -1.06. The van der Waals surface area contributed by atoms with Gasteiger partial charge in [0.2, 0.25) is 5.95 Å². The molecular weight excluding hydrogens is 376 g/mol. The van der Waals surface area contributed by atoms with Crippen LogP contribution in [0.4, 0.5) is 4.39 Å². The first kappa shape index (κ1) is 14.9. The first-order chi connectivity index (χ1) is 8.85. The number of fused-ring (bicyclic) bond motifs is 1. The van der Waals surface area contributed by atoms with Gasteiger partial charge in [-0.1, -0.05) is 19.6 Å². The Kier molecular flexibility index (Phi) is 4.57. The van der Waals surface area contributed by atoms with Crippen LogP contribution in [0.25, 0.3) is 11.0 Å². The number of nitrogens with zero attached hydrogens (tertiary/aromatic N) is 3. The SMILES string of the molecule is C[Si](C)(C)CCOCn1cc2c(I)cc(F)nc2n1. The molecule has 0 amide bonds. The third kappa shape index (κ3) is 4.21. The Hall–Kier alpha value is -0.543. The third-order valence-corrected chi connectivity index (χ3v) is 5.27. The quantitative estimate of drug-likeness (QED) is 0.338. The van der Waals surface area contributed by atoms with Gasteiger partial charge in [-0.15, -0.1) is 5.10 Å². The Morgan fingerprint density at radius 3 is 2.84 bits per heavy atom. The second kappa shape index (κ2) is 5.84. The molecule has 2 aromatic heterocycles. The van der Waals surface area contributed by atoms with Crippen LogP contribution in [0.3, 0.4) is 0 Å². The summed E-state index contributed by atoms with van der Waals surface area (Å²) in [4.78, 5) is 3.77. The summed E-state index contributed by atoms with van der Waals surface area (Å²) in [6, 6.07) is 2.53. The van der Waals surface area contributed by atoms with Crippen molar-refractivity contribution >= 4 is 41.7 Å². The minimum Gasteiger partial charge on any atom is -0.360 e. The number of halogens is 2. The summed E-state index contributed by atoms with van der Waals surface area (Å²) < 4.78 is 21.2. The Morgan fingerprint density at radius 1 is 1.42 bits per heavy atom. The van der Waals surface area contributed by atoms with Gasteiger partial charge in [0, 0.05) is 30.5 Å². The molecule has 0 aliphatic carbocycles. The zero-order valence-corrected chi connectivity index (χ0v) is 14.4. The molecule has 0 unspecified atom stereocenters. The van der Waals surface area contributed by atoms with E-state index in [9.17, 15) is 4.39 Å². The summed E-state index contributed by atoms with van der Waals surface area (Å²) in [6.07, 6.45) is 1.85. The molecule has 0 fully saturated rings. The molecule has 0 radical (unpaired) electrons. The lowest BCUT2D eigenvalue weighted by molar-refractivity contribution is 0.0790. The maximum absolute atomic E-state index is 13.2. The van der Waals surface area contributed by atoms with E-state index in [0.717, 1.165) is 21.6 Å². The zero-order chi connectivity index (χ0) is 14.0. The van der Waals surface area contributed by atoms with E-state index in [1.165, 1.54) is 6.07 Å². The van der Waals surface area contributed by atoms with Crippen molar-refractivity contribution < 1.29 is 9.13 Å². The van der Waals surface area contributed by atoms with Crippen LogP contribution in [-0.2, 0) is 11.5 Å². The highest BCUT2D eigenvalue weighted by atomic mass is 127. The molecule has 0 bridgehead atoms. The van der Waals surface area contributed by atoms with E-state index in [2.05, 4.69) is 52.3 Å². The Morgan fingerprint density at radius 2 is 2.16 bits per heavy atom. The van der Waals surface area contributed by atoms with E-state index in [4.69, 9.17) is 4.74 Å². The van der Waals surface area contributed by atoms with Crippen LogP contribution in [-0.4, -0.2) is 29.4 Å². The van der Waals surface area contributed by atoms with Crippen molar-refractivity contribution in [1.29, 1.82) is 0 Å². The van der Waals surface area contributed by atoms with Crippen molar-refractivity contribution in [2.24, 2.45) is 0 Å². The highest BCUT2D eigenvalue weighted by molar-refractivity contribution is 14.1. The highest BCUT2D eigenvalue weighted by Crippen LogP contribution is 2.18. The highest BCUT2D eigenvalue weighted by Gasteiger charge is 2.12. The number of pyridine rings is 1. The van der Waals surface area contributed by atoms with Crippen molar-refractivity contribution in [3.05, 3.63) is 21.8 Å². The number of hydrogen-bond acceptors (Lipinski definition) is 3. The molecule has 104 valence electrons. The summed E-state index contributed by atoms with van der Waals surface area (Å²) in [6.45, 7) is 8.07. The van der Waals surface area contributed by atoms with Gasteiger partial charge in [0.05, 0.1) is 5.39 Å². The van der Waals surface area contributed by atoms with Gasteiger partial charge < -0.3 is 4.74 Å². The second-order valence-corrected chi connectivity index (χ2v) is 12.5. The molecule has 7 heteroatoms. The molecule has 0 saturated heterocycles. The van der Waals surface area contributed by atoms with Gasteiger partial charge >= 0.3 is 0 Å². The van der Waals surface area contributed by atoms with Crippen molar-refractivity contribution in [3.63, 3.8) is 0 Å². The van der Waals surface area contributed by atoms with Crippen LogP contribution in [0.2, 0.25) is 25.7 Å². The summed E-state index contributed by atoms with van der Waals surface area (Å²) in [5.74, 6) is -0.498. The molecule has 2 heterocycles. The lowest BCUT2D eigenvalue weighted by Crippen LogP contribution is -2.22. The Balaban J connectivity index is 2.00. The van der Waals surface area contributed by atoms with Crippen LogP contribution < -0.4 is 0 Å². The molecule has 0 spiro atoms. The fourth-order valence-corrected chi connectivity index (χ4v) is 2.97. The third-order valence-electron chi connectivity index (χ3n) is 2.68. The molecule has 0 N–H and O–H groups in total. The standard InChI is InChI=1S/C12H17FIN3OSi/c1-19(2,3)5-4-18-8-17-7-9-10(14)6-11(13)15-12(9)16-17/h6-7H,4-5,8H2,1-3H3. The fraction of sp³-hybridized carbons (Fsp3) is 0.500. The van der Waals surface area contributed by atoms with Crippen LogP contribution in [0.15, 0.2) is 12.3 Å². The van der Waals surface area contributed by atoms with Crippen molar-refractivity contribution in [1.82, 2.24) is 14.8 Å². The van der Waals surface area contributed by atoms with E-state index in [1.54, 1.807) is 4.68 Å². The van der Waals surface area contributed by atoms with E-state index in [1.807, 2.05) is 6.20 Å². The molecule has 0 aliphatic heterocycles. The van der Waals surface area contributed by atoms with Crippen LogP contribution >= 0.6 is 22.6 Å². The molecule has 19 heavy (non-hydrogen) atoms. The smallest absolute Gasteiger partial charge is 0.216 e. The summed E-state index contributed by atoms with van der Waals surface area (Å²) >= 11 is 2.08. The van der Waals surface area contributed by atoms with Crippen LogP contribution in [0.5, 0.6) is 0 Å². The monoisotopic (exact) mass is 393 g/mol. The minimum atomic E-state index is -1.06. The first-order valence-electron chi connectivity index (χ1n) is 6.12. The molecule has 2 aromatic rings. The molecule has 0 saturated carbocycles. The Bertz CT molecular complexity index is 582. The number of ether oxygens (including phenoxy) is 1. The van der Waals surface area contributed by atoms with Gasteiger partial charge in [0.25, 0.3) is 0 Å². The molecule has 0 atom stereocenters. The minimum absolute atomic E-state index is 0.387. The zero-order valence-electron chi connectivity index (χ0n) is 11.3.